The third-order valence-electron chi connectivity index (χ3n) is 3.93. The summed E-state index contributed by atoms with van der Waals surface area (Å²) in [4.78, 5) is 2.27. The monoisotopic (exact) mass is 236 g/mol. The minimum Gasteiger partial charge on any atom is -0.313 e. The Morgan fingerprint density at radius 1 is 1.41 bits per heavy atom. The number of halogens is 1. The van der Waals surface area contributed by atoms with E-state index in [2.05, 4.69) is 17.0 Å². The highest BCUT2D eigenvalue weighted by Gasteiger charge is 2.41. The third kappa shape index (κ3) is 2.67. The van der Waals surface area contributed by atoms with Gasteiger partial charge in [-0.25, -0.2) is 0 Å². The van der Waals surface area contributed by atoms with Gasteiger partial charge in [0.2, 0.25) is 0 Å². The molecule has 3 heteroatoms. The zero-order valence-electron chi connectivity index (χ0n) is 10.4. The molecule has 2 N–H and O–H groups in total. The van der Waals surface area contributed by atoms with E-state index in [1.165, 1.54) is 5.56 Å². The molecular weight excluding hydrogens is 215 g/mol. The maximum Gasteiger partial charge on any atom is 0.0898 e. The van der Waals surface area contributed by atoms with Crippen molar-refractivity contribution in [2.45, 2.75) is 32.0 Å². The molecule has 1 aliphatic rings. The number of benzene rings is 1. The van der Waals surface area contributed by atoms with E-state index in [9.17, 15) is 4.39 Å². The van der Waals surface area contributed by atoms with Gasteiger partial charge in [0.1, 0.15) is 0 Å². The molecule has 0 spiro atoms. The Hall–Kier alpha value is -0.930. The lowest BCUT2D eigenvalue weighted by Crippen LogP contribution is -2.52. The van der Waals surface area contributed by atoms with Gasteiger partial charge in [-0.1, -0.05) is 30.3 Å². The van der Waals surface area contributed by atoms with E-state index in [0.717, 1.165) is 19.5 Å². The minimum atomic E-state index is -0.373. The summed E-state index contributed by atoms with van der Waals surface area (Å²) < 4.78 is 12.5. The highest BCUT2D eigenvalue weighted by molar-refractivity contribution is 5.15. The van der Waals surface area contributed by atoms with E-state index in [-0.39, 0.29) is 18.3 Å². The van der Waals surface area contributed by atoms with Crippen molar-refractivity contribution >= 4 is 0 Å². The largest absolute Gasteiger partial charge is 0.313 e. The van der Waals surface area contributed by atoms with Gasteiger partial charge < -0.3 is 5.73 Å². The molecule has 2 rings (SSSR count). The zero-order valence-corrected chi connectivity index (χ0v) is 10.4. The van der Waals surface area contributed by atoms with Gasteiger partial charge in [-0.2, -0.15) is 0 Å². The predicted molar refractivity (Wildman–Crippen MR) is 68.1 cm³/mol. The topological polar surface area (TPSA) is 29.3 Å². The highest BCUT2D eigenvalue weighted by atomic mass is 19.1. The van der Waals surface area contributed by atoms with Crippen molar-refractivity contribution in [1.29, 1.82) is 0 Å². The predicted octanol–water partition coefficient (Wildman–Crippen LogP) is 2.54. The van der Waals surface area contributed by atoms with Crippen LogP contribution in [0.15, 0.2) is 30.3 Å². The smallest absolute Gasteiger partial charge is 0.0898 e. The fraction of sp³-hybridized carbons (Fsp3) is 0.571. The van der Waals surface area contributed by atoms with Crippen molar-refractivity contribution in [3.8, 4) is 0 Å². The van der Waals surface area contributed by atoms with Gasteiger partial charge in [0, 0.05) is 13.1 Å². The van der Waals surface area contributed by atoms with Crippen LogP contribution < -0.4 is 5.73 Å². The van der Waals surface area contributed by atoms with E-state index in [0.29, 0.717) is 6.42 Å². The molecule has 1 fully saturated rings. The molecule has 1 aromatic carbocycles. The van der Waals surface area contributed by atoms with Crippen LogP contribution in [0.4, 0.5) is 4.39 Å². The lowest BCUT2D eigenvalue weighted by molar-refractivity contribution is 0.110. The Labute approximate surface area is 103 Å². The number of hydrogen-bond donors (Lipinski definition) is 1. The normalized spacial score (nSPS) is 29.7. The van der Waals surface area contributed by atoms with Gasteiger partial charge in [0.05, 0.1) is 12.3 Å². The van der Waals surface area contributed by atoms with Crippen LogP contribution in [0.5, 0.6) is 0 Å². The molecule has 0 radical (unpaired) electrons. The fourth-order valence-corrected chi connectivity index (χ4v) is 2.72. The van der Waals surface area contributed by atoms with Crippen molar-refractivity contribution < 1.29 is 4.39 Å². The molecular formula is C14H21FN2. The number of rotatable bonds is 4. The summed E-state index contributed by atoms with van der Waals surface area (Å²) in [5, 5.41) is 0. The first-order valence-corrected chi connectivity index (χ1v) is 6.28. The second kappa shape index (κ2) is 5.15. The lowest BCUT2D eigenvalue weighted by atomic mass is 9.93. The Morgan fingerprint density at radius 2 is 2.12 bits per heavy atom. The summed E-state index contributed by atoms with van der Waals surface area (Å²) in [5.74, 6) is 0.274. The van der Waals surface area contributed by atoms with E-state index in [4.69, 9.17) is 5.73 Å². The number of nitrogens with two attached hydrogens (primary N) is 1. The molecule has 1 aliphatic heterocycles. The van der Waals surface area contributed by atoms with Crippen LogP contribution in [0.25, 0.3) is 0 Å². The summed E-state index contributed by atoms with van der Waals surface area (Å²) in [6.45, 7) is 3.59. The first kappa shape index (κ1) is 12.5. The Balaban J connectivity index is 2.03. The fourth-order valence-electron chi connectivity index (χ4n) is 2.72. The molecule has 0 aromatic heterocycles. The van der Waals surface area contributed by atoms with Crippen LogP contribution >= 0.6 is 0 Å². The maximum absolute atomic E-state index is 12.5. The molecule has 94 valence electrons. The summed E-state index contributed by atoms with van der Waals surface area (Å²) in [6.07, 6.45) is 1.59. The Kier molecular flexibility index (Phi) is 3.79. The van der Waals surface area contributed by atoms with Crippen molar-refractivity contribution in [1.82, 2.24) is 4.90 Å². The quantitative estimate of drug-likeness (QED) is 0.870. The molecule has 0 aliphatic carbocycles. The zero-order chi connectivity index (χ0) is 12.3. The molecule has 0 bridgehead atoms. The van der Waals surface area contributed by atoms with Crippen molar-refractivity contribution in [3.05, 3.63) is 35.9 Å². The maximum atomic E-state index is 12.5. The van der Waals surface area contributed by atoms with Gasteiger partial charge in [-0.05, 0) is 31.2 Å². The van der Waals surface area contributed by atoms with Gasteiger partial charge in [-0.3, -0.25) is 9.29 Å². The van der Waals surface area contributed by atoms with Crippen LogP contribution in [0, 0.1) is 5.92 Å². The number of nitrogens with zero attached hydrogens (tertiary/aromatic N) is 1. The summed E-state index contributed by atoms with van der Waals surface area (Å²) >= 11 is 0. The minimum absolute atomic E-state index is 0.267. The molecule has 1 saturated heterocycles. The second-order valence-electron chi connectivity index (χ2n) is 5.10. The molecule has 2 unspecified atom stereocenters. The molecule has 2 nitrogen and oxygen atoms in total. The van der Waals surface area contributed by atoms with Crippen LogP contribution in [0.1, 0.15) is 25.3 Å². The SMILES string of the molecule is CC1(N)C(CCF)CCN1Cc1ccccc1. The van der Waals surface area contributed by atoms with Gasteiger partial charge in [0.15, 0.2) is 0 Å². The van der Waals surface area contributed by atoms with E-state index in [1.54, 1.807) is 0 Å². The summed E-state index contributed by atoms with van der Waals surface area (Å²) in [6, 6.07) is 10.3. The van der Waals surface area contributed by atoms with E-state index < -0.39 is 0 Å². The molecule has 0 amide bonds. The van der Waals surface area contributed by atoms with Crippen molar-refractivity contribution in [2.75, 3.05) is 13.2 Å². The van der Waals surface area contributed by atoms with Crippen LogP contribution in [-0.4, -0.2) is 23.8 Å². The van der Waals surface area contributed by atoms with Gasteiger partial charge >= 0.3 is 0 Å². The standard InChI is InChI=1S/C14H21FN2/c1-14(16)13(7-9-15)8-10-17(14)11-12-5-3-2-4-6-12/h2-6,13H,7-11,16H2,1H3. The highest BCUT2D eigenvalue weighted by Crippen LogP contribution is 2.34. The van der Waals surface area contributed by atoms with E-state index in [1.807, 2.05) is 25.1 Å². The van der Waals surface area contributed by atoms with Crippen LogP contribution in [-0.2, 0) is 6.54 Å². The van der Waals surface area contributed by atoms with Gasteiger partial charge in [-0.15, -0.1) is 0 Å². The van der Waals surface area contributed by atoms with Crippen molar-refractivity contribution in [2.24, 2.45) is 11.7 Å². The van der Waals surface area contributed by atoms with Crippen LogP contribution in [0.3, 0.4) is 0 Å². The number of hydrogen-bond acceptors (Lipinski definition) is 2. The average molecular weight is 236 g/mol. The molecule has 2 atom stereocenters. The Morgan fingerprint density at radius 3 is 2.76 bits per heavy atom. The van der Waals surface area contributed by atoms with Crippen LogP contribution in [0.2, 0.25) is 0 Å². The first-order chi connectivity index (χ1) is 8.14. The average Bonchev–Trinajstić information content (AvgIpc) is 2.58. The van der Waals surface area contributed by atoms with Gasteiger partial charge in [0.25, 0.3) is 0 Å². The molecule has 1 aromatic rings. The number of likely N-dealkylation sites (tertiary alicyclic amines) is 1. The second-order valence-corrected chi connectivity index (χ2v) is 5.10. The number of alkyl halides is 1. The first-order valence-electron chi connectivity index (χ1n) is 6.28. The summed E-state index contributed by atoms with van der Waals surface area (Å²) in [7, 11) is 0. The summed E-state index contributed by atoms with van der Waals surface area (Å²) in [5.41, 5.74) is 7.25. The molecule has 1 heterocycles. The molecule has 0 saturated carbocycles. The van der Waals surface area contributed by atoms with E-state index >= 15 is 0 Å². The molecule has 17 heavy (non-hydrogen) atoms. The lowest BCUT2D eigenvalue weighted by Gasteiger charge is -2.35. The Bertz CT molecular complexity index is 350. The third-order valence-corrected chi connectivity index (χ3v) is 3.93. The van der Waals surface area contributed by atoms with Crippen molar-refractivity contribution in [3.63, 3.8) is 0 Å².